The van der Waals surface area contributed by atoms with Crippen molar-refractivity contribution in [2.45, 2.75) is 77.3 Å². The predicted octanol–water partition coefficient (Wildman–Crippen LogP) is 9.80. The number of alkyl halides is 3. The molecule has 3 heterocycles. The highest BCUT2D eigenvalue weighted by molar-refractivity contribution is 7.99. The van der Waals surface area contributed by atoms with Crippen LogP contribution in [0.25, 0.3) is 11.1 Å². The number of likely N-dealkylation sites (tertiary alicyclic amines) is 1. The molecule has 5 aromatic carbocycles. The second kappa shape index (κ2) is 21.8. The lowest BCUT2D eigenvalue weighted by atomic mass is 9.71. The summed E-state index contributed by atoms with van der Waals surface area (Å²) in [7, 11) is -10.9. The predicted molar refractivity (Wildman–Crippen MR) is 267 cm³/mol. The van der Waals surface area contributed by atoms with Gasteiger partial charge in [0.2, 0.25) is 0 Å². The van der Waals surface area contributed by atoms with Crippen LogP contribution in [-0.2, 0) is 19.9 Å². The minimum Gasteiger partial charge on any atom is -0.388 e. The van der Waals surface area contributed by atoms with Gasteiger partial charge in [0, 0.05) is 52.6 Å². The van der Waals surface area contributed by atoms with E-state index in [1.165, 1.54) is 23.9 Å². The van der Waals surface area contributed by atoms with Crippen LogP contribution in [0.2, 0.25) is 5.02 Å². The molecule has 8 rings (SSSR count). The highest BCUT2D eigenvalue weighted by atomic mass is 35.5. The van der Waals surface area contributed by atoms with Gasteiger partial charge in [0.05, 0.1) is 16.7 Å². The fourth-order valence-corrected chi connectivity index (χ4v) is 12.9. The third-order valence-electron chi connectivity index (χ3n) is 13.9. The number of carbonyl (C=O) groups is 1. The molecular formula is C51H57ClF3N5O6S3. The zero-order valence-corrected chi connectivity index (χ0v) is 41.2. The van der Waals surface area contributed by atoms with Gasteiger partial charge in [-0.1, -0.05) is 66.2 Å². The molecule has 5 aromatic rings. The smallest absolute Gasteiger partial charge is 0.388 e. The first-order valence-electron chi connectivity index (χ1n) is 23.3. The van der Waals surface area contributed by atoms with Crippen LogP contribution in [0.4, 0.5) is 24.5 Å². The Morgan fingerprint density at radius 1 is 0.826 bits per heavy atom. The summed E-state index contributed by atoms with van der Waals surface area (Å²) in [4.78, 5) is 16.7. The number of rotatable bonds is 16. The lowest BCUT2D eigenvalue weighted by molar-refractivity contribution is -0.0435. The van der Waals surface area contributed by atoms with E-state index in [0.717, 1.165) is 91.3 Å². The molecule has 1 spiro atoms. The van der Waals surface area contributed by atoms with Crippen molar-refractivity contribution in [1.82, 2.24) is 14.9 Å². The number of thioether (sulfide) groups is 1. The van der Waals surface area contributed by atoms with Crippen molar-refractivity contribution < 1.29 is 39.9 Å². The standard InChI is InChI=1S/C51H57ClF3N5O6S3/c52-39-14-10-36(11-15-39)44-8-4-5-9-45(44)48(61)37-20-30-60(31-21-37)41-16-12-38(13-17-41)49(62)58-69(65,66)43-18-19-46(47(34-43)68(63,64)51(53,54)55)57-40(35-67-42-6-2-1-3-7-42)22-29-59-32-25-50(26-33-59)23-27-56-28-24-50/h1-19,34,37,40,48,56-57,61H,20-33,35H2,(H,58,62). The molecule has 3 aliphatic heterocycles. The van der Waals surface area contributed by atoms with Gasteiger partial charge in [0.15, 0.2) is 0 Å². The number of carbonyl (C=O) groups excluding carboxylic acids is 1. The van der Waals surface area contributed by atoms with E-state index in [1.54, 1.807) is 12.1 Å². The number of aliphatic hydroxyl groups is 1. The van der Waals surface area contributed by atoms with E-state index >= 15 is 0 Å². The van der Waals surface area contributed by atoms with Crippen molar-refractivity contribution in [3.05, 3.63) is 137 Å². The molecule has 368 valence electrons. The number of anilines is 2. The Hall–Kier alpha value is -4.62. The number of sulfonamides is 1. The second-order valence-electron chi connectivity index (χ2n) is 18.3. The first-order chi connectivity index (χ1) is 33.0. The molecule has 4 N–H and O–H groups in total. The fraction of sp³-hybridized carbons (Fsp3) is 0.392. The number of amides is 1. The van der Waals surface area contributed by atoms with E-state index < -0.39 is 53.2 Å². The Balaban J connectivity index is 0.931. The number of piperidine rings is 3. The molecule has 18 heteroatoms. The number of hydrogen-bond acceptors (Lipinski definition) is 11. The highest BCUT2D eigenvalue weighted by Crippen LogP contribution is 2.41. The van der Waals surface area contributed by atoms with Gasteiger partial charge in [-0.2, -0.15) is 13.2 Å². The molecule has 11 nitrogen and oxygen atoms in total. The van der Waals surface area contributed by atoms with Crippen molar-refractivity contribution in [3.8, 4) is 11.1 Å². The van der Waals surface area contributed by atoms with Gasteiger partial charge < -0.3 is 25.5 Å². The molecule has 2 atom stereocenters. The average Bonchev–Trinajstić information content (AvgIpc) is 3.35. The van der Waals surface area contributed by atoms with Crippen LogP contribution >= 0.6 is 23.4 Å². The van der Waals surface area contributed by atoms with Crippen molar-refractivity contribution in [2.75, 3.05) is 61.8 Å². The Bertz CT molecular complexity index is 2760. The number of halogens is 4. The van der Waals surface area contributed by atoms with Gasteiger partial charge in [-0.15, -0.1) is 11.8 Å². The van der Waals surface area contributed by atoms with Gasteiger partial charge in [0.25, 0.3) is 25.8 Å². The lowest BCUT2D eigenvalue weighted by Gasteiger charge is -2.44. The maximum absolute atomic E-state index is 14.3. The molecule has 1 amide bonds. The first kappa shape index (κ1) is 50.8. The molecule has 3 aliphatic rings. The van der Waals surface area contributed by atoms with E-state index in [9.17, 15) is 39.9 Å². The molecule has 0 saturated carbocycles. The Kier molecular flexibility index (Phi) is 16.0. The number of hydrogen-bond donors (Lipinski definition) is 4. The van der Waals surface area contributed by atoms with Gasteiger partial charge >= 0.3 is 5.51 Å². The molecule has 0 bridgehead atoms. The van der Waals surface area contributed by atoms with Crippen LogP contribution in [0, 0.1) is 11.3 Å². The molecule has 69 heavy (non-hydrogen) atoms. The van der Waals surface area contributed by atoms with Crippen LogP contribution in [0.1, 0.15) is 67.0 Å². The maximum atomic E-state index is 14.3. The monoisotopic (exact) mass is 1020 g/mol. The topological polar surface area (TPSA) is 148 Å². The van der Waals surface area contributed by atoms with Crippen LogP contribution in [0.3, 0.4) is 0 Å². The summed E-state index contributed by atoms with van der Waals surface area (Å²) in [5, 5.41) is 18.7. The minimum atomic E-state index is -6.07. The molecule has 3 saturated heterocycles. The minimum absolute atomic E-state index is 0.0154. The second-order valence-corrected chi connectivity index (χ2v) is 23.4. The van der Waals surface area contributed by atoms with E-state index in [2.05, 4.69) is 20.4 Å². The van der Waals surface area contributed by atoms with Crippen molar-refractivity contribution in [2.24, 2.45) is 11.3 Å². The quantitative estimate of drug-likeness (QED) is 0.0701. The Labute approximate surface area is 412 Å². The summed E-state index contributed by atoms with van der Waals surface area (Å²) in [6.07, 6.45) is 5.54. The average molecular weight is 1020 g/mol. The van der Waals surface area contributed by atoms with Crippen LogP contribution in [0.15, 0.2) is 136 Å². The normalized spacial score (nSPS) is 18.1. The Morgan fingerprint density at radius 2 is 1.48 bits per heavy atom. The molecule has 0 aliphatic carbocycles. The van der Waals surface area contributed by atoms with Crippen molar-refractivity contribution >= 4 is 60.5 Å². The van der Waals surface area contributed by atoms with Gasteiger partial charge in [-0.3, -0.25) is 4.79 Å². The number of benzene rings is 5. The van der Waals surface area contributed by atoms with Crippen LogP contribution < -0.4 is 20.3 Å². The third kappa shape index (κ3) is 12.3. The van der Waals surface area contributed by atoms with E-state index in [1.807, 2.05) is 83.6 Å². The van der Waals surface area contributed by atoms with Gasteiger partial charge in [-0.25, -0.2) is 21.6 Å². The van der Waals surface area contributed by atoms with Crippen LogP contribution in [0.5, 0.6) is 0 Å². The zero-order chi connectivity index (χ0) is 48.8. The number of nitrogens with one attached hydrogen (secondary N) is 3. The van der Waals surface area contributed by atoms with E-state index in [4.69, 9.17) is 11.6 Å². The van der Waals surface area contributed by atoms with Crippen molar-refractivity contribution in [1.29, 1.82) is 0 Å². The summed E-state index contributed by atoms with van der Waals surface area (Å²) in [6, 6.07) is 32.9. The summed E-state index contributed by atoms with van der Waals surface area (Å²) >= 11 is 7.59. The van der Waals surface area contributed by atoms with Gasteiger partial charge in [0.1, 0.15) is 4.90 Å². The fourth-order valence-electron chi connectivity index (χ4n) is 9.75. The van der Waals surface area contributed by atoms with E-state index in [0.29, 0.717) is 61.2 Å². The summed E-state index contributed by atoms with van der Waals surface area (Å²) < 4.78 is 98.6. The number of nitrogens with zero attached hydrogens (tertiary/aromatic N) is 2. The number of sulfone groups is 1. The number of aliphatic hydroxyl groups excluding tert-OH is 1. The molecular weight excluding hydrogens is 967 g/mol. The van der Waals surface area contributed by atoms with Crippen molar-refractivity contribution in [3.63, 3.8) is 0 Å². The van der Waals surface area contributed by atoms with E-state index in [-0.39, 0.29) is 17.2 Å². The molecule has 0 aromatic heterocycles. The third-order valence-corrected chi connectivity index (χ3v) is 18.2. The molecule has 0 radical (unpaired) electrons. The summed E-state index contributed by atoms with van der Waals surface area (Å²) in [5.74, 6) is -0.679. The Morgan fingerprint density at radius 3 is 2.14 bits per heavy atom. The summed E-state index contributed by atoms with van der Waals surface area (Å²) in [5.41, 5.74) is -2.35. The highest BCUT2D eigenvalue weighted by Gasteiger charge is 2.48. The van der Waals surface area contributed by atoms with Gasteiger partial charge in [-0.05, 0) is 166 Å². The first-order valence-corrected chi connectivity index (χ1v) is 27.6. The van der Waals surface area contributed by atoms with Crippen LogP contribution in [-0.4, -0.2) is 95.9 Å². The molecule has 2 unspecified atom stereocenters. The largest absolute Gasteiger partial charge is 0.501 e. The molecule has 3 fully saturated rings. The lowest BCUT2D eigenvalue weighted by Crippen LogP contribution is -2.46. The maximum Gasteiger partial charge on any atom is 0.501 e. The SMILES string of the molecule is O=C(NS(=O)(=O)c1ccc(NC(CCN2CCC3(CCNCC3)CC2)CSc2ccccc2)c(S(=O)(=O)C(F)(F)F)c1)c1ccc(N2CCC(C(O)c3ccccc3-c3ccc(Cl)cc3)CC2)cc1. The summed E-state index contributed by atoms with van der Waals surface area (Å²) in [6.45, 7) is 5.65. The zero-order valence-electron chi connectivity index (χ0n) is 38.0.